The van der Waals surface area contributed by atoms with Crippen LogP contribution < -0.4 is 25.0 Å². The first-order chi connectivity index (χ1) is 18.1. The summed E-state index contributed by atoms with van der Waals surface area (Å²) in [5.74, 6) is 0.0823. The number of methoxy groups -OCH3 is 1. The molecule has 0 saturated carbocycles. The molecule has 10 nitrogen and oxygen atoms in total. The number of esters is 1. The topological polar surface area (TPSA) is 125 Å². The van der Waals surface area contributed by atoms with Crippen molar-refractivity contribution < 1.29 is 33.3 Å². The summed E-state index contributed by atoms with van der Waals surface area (Å²) in [6.07, 6.45) is 1.86. The number of carbonyl (C=O) groups is 3. The van der Waals surface area contributed by atoms with Gasteiger partial charge >= 0.3 is 5.97 Å². The lowest BCUT2D eigenvalue weighted by molar-refractivity contribution is -0.143. The van der Waals surface area contributed by atoms with E-state index in [4.69, 9.17) is 14.2 Å². The van der Waals surface area contributed by atoms with Crippen LogP contribution in [0.5, 0.6) is 17.2 Å². The molecular formula is C27H34BrN3O7. The van der Waals surface area contributed by atoms with E-state index in [1.165, 1.54) is 13.3 Å². The van der Waals surface area contributed by atoms with E-state index in [0.29, 0.717) is 40.3 Å². The number of ether oxygens (including phenoxy) is 4. The lowest BCUT2D eigenvalue weighted by atomic mass is 10.0. The second-order valence-electron chi connectivity index (χ2n) is 8.67. The fourth-order valence-electron chi connectivity index (χ4n) is 3.30. The molecule has 0 unspecified atom stereocenters. The summed E-state index contributed by atoms with van der Waals surface area (Å²) >= 11 is 3.41. The Balaban J connectivity index is 2.04. The van der Waals surface area contributed by atoms with Crippen molar-refractivity contribution in [2.75, 3.05) is 26.9 Å². The van der Waals surface area contributed by atoms with Gasteiger partial charge in [0, 0.05) is 0 Å². The van der Waals surface area contributed by atoms with Crippen LogP contribution in [0.15, 0.2) is 46.0 Å². The maximum absolute atomic E-state index is 12.8. The lowest BCUT2D eigenvalue weighted by Gasteiger charge is -2.19. The van der Waals surface area contributed by atoms with Gasteiger partial charge in [0.2, 0.25) is 0 Å². The van der Waals surface area contributed by atoms with Gasteiger partial charge in [-0.05, 0) is 71.4 Å². The Kier molecular flexibility index (Phi) is 12.6. The molecule has 1 atom stereocenters. The Bertz CT molecular complexity index is 1140. The van der Waals surface area contributed by atoms with E-state index >= 15 is 0 Å². The van der Waals surface area contributed by atoms with Crippen molar-refractivity contribution in [3.05, 3.63) is 52.0 Å². The molecule has 0 saturated heterocycles. The van der Waals surface area contributed by atoms with Crippen LogP contribution in [0.4, 0.5) is 0 Å². The molecule has 0 heterocycles. The van der Waals surface area contributed by atoms with E-state index in [1.54, 1.807) is 18.2 Å². The molecule has 2 aromatic carbocycles. The number of amides is 2. The summed E-state index contributed by atoms with van der Waals surface area (Å²) in [5, 5.41) is 6.77. The Morgan fingerprint density at radius 2 is 1.79 bits per heavy atom. The summed E-state index contributed by atoms with van der Waals surface area (Å²) < 4.78 is 21.9. The van der Waals surface area contributed by atoms with Gasteiger partial charge in [0.15, 0.2) is 24.7 Å². The summed E-state index contributed by atoms with van der Waals surface area (Å²) in [6.45, 7) is 7.48. The fraction of sp³-hybridized carbons (Fsp3) is 0.407. The number of hydrazone groups is 1. The smallest absolute Gasteiger partial charge is 0.343 e. The number of nitrogens with one attached hydrogen (secondary N) is 2. The molecule has 0 radical (unpaired) electrons. The Labute approximate surface area is 231 Å². The van der Waals surface area contributed by atoms with Crippen LogP contribution in [0.2, 0.25) is 0 Å². The van der Waals surface area contributed by atoms with Crippen molar-refractivity contribution in [1.29, 1.82) is 0 Å². The normalized spacial score (nSPS) is 11.7. The highest BCUT2D eigenvalue weighted by atomic mass is 79.9. The molecule has 0 bridgehead atoms. The molecular weight excluding hydrogens is 558 g/mol. The fourth-order valence-corrected chi connectivity index (χ4v) is 3.88. The van der Waals surface area contributed by atoms with E-state index in [-0.39, 0.29) is 19.1 Å². The molecule has 0 aromatic heterocycles. The number of benzene rings is 2. The molecule has 38 heavy (non-hydrogen) atoms. The van der Waals surface area contributed by atoms with Crippen molar-refractivity contribution in [2.24, 2.45) is 11.0 Å². The Hall–Kier alpha value is -3.60. The molecule has 0 aliphatic rings. The Morgan fingerprint density at radius 1 is 1.05 bits per heavy atom. The van der Waals surface area contributed by atoms with Crippen LogP contribution in [0.25, 0.3) is 0 Å². The first-order valence-electron chi connectivity index (χ1n) is 12.1. The minimum Gasteiger partial charge on any atom is -0.490 e. The number of hydrogen-bond acceptors (Lipinski definition) is 8. The summed E-state index contributed by atoms with van der Waals surface area (Å²) in [6, 6.07) is 9.94. The van der Waals surface area contributed by atoms with Crippen LogP contribution >= 0.6 is 15.9 Å². The number of para-hydroxylation sites is 1. The molecule has 0 aliphatic carbocycles. The average Bonchev–Trinajstić information content (AvgIpc) is 2.87. The largest absolute Gasteiger partial charge is 0.490 e. The minimum atomic E-state index is -0.792. The van der Waals surface area contributed by atoms with Crippen LogP contribution in [-0.2, 0) is 19.1 Å². The lowest BCUT2D eigenvalue weighted by Crippen LogP contribution is -2.47. The van der Waals surface area contributed by atoms with Gasteiger partial charge in [-0.25, -0.2) is 10.2 Å². The molecule has 0 fully saturated rings. The van der Waals surface area contributed by atoms with E-state index in [0.717, 1.165) is 5.56 Å². The third kappa shape index (κ3) is 10.0. The standard InChI is InChI=1S/C27H34BrN3O7/c1-6-36-23-13-19(12-20(28)26(23)38-16-25(33)35-5)14-29-31-27(34)21(11-17(2)3)30-24(32)15-37-22-10-8-7-9-18(22)4/h7-10,12-14,17,21H,6,11,15-16H2,1-5H3,(H,30,32)(H,31,34)/b29-14-/t21-/m0/s1. The van der Waals surface area contributed by atoms with Crippen molar-refractivity contribution in [3.8, 4) is 17.2 Å². The van der Waals surface area contributed by atoms with Gasteiger partial charge in [0.05, 0.1) is 24.4 Å². The second kappa shape index (κ2) is 15.6. The highest BCUT2D eigenvalue weighted by molar-refractivity contribution is 9.10. The molecule has 2 amide bonds. The van der Waals surface area contributed by atoms with Gasteiger partial charge in [-0.3, -0.25) is 9.59 Å². The third-order valence-electron chi connectivity index (χ3n) is 5.09. The predicted molar refractivity (Wildman–Crippen MR) is 147 cm³/mol. The van der Waals surface area contributed by atoms with Gasteiger partial charge < -0.3 is 24.3 Å². The zero-order valence-corrected chi connectivity index (χ0v) is 23.8. The van der Waals surface area contributed by atoms with Gasteiger partial charge in [-0.2, -0.15) is 5.10 Å². The third-order valence-corrected chi connectivity index (χ3v) is 5.68. The van der Waals surface area contributed by atoms with Crippen molar-refractivity contribution in [1.82, 2.24) is 10.7 Å². The van der Waals surface area contributed by atoms with E-state index in [9.17, 15) is 14.4 Å². The van der Waals surface area contributed by atoms with Crippen molar-refractivity contribution >= 4 is 39.9 Å². The van der Waals surface area contributed by atoms with Gasteiger partial charge in [-0.1, -0.05) is 32.0 Å². The van der Waals surface area contributed by atoms with Gasteiger partial charge in [-0.15, -0.1) is 0 Å². The maximum atomic E-state index is 12.8. The molecule has 206 valence electrons. The zero-order valence-electron chi connectivity index (χ0n) is 22.2. The summed E-state index contributed by atoms with van der Waals surface area (Å²) in [5.41, 5.74) is 3.99. The zero-order chi connectivity index (χ0) is 28.1. The molecule has 0 aliphatic heterocycles. The van der Waals surface area contributed by atoms with E-state index < -0.39 is 23.8 Å². The molecule has 2 rings (SSSR count). The molecule has 11 heteroatoms. The number of aryl methyl sites for hydroxylation is 1. The van der Waals surface area contributed by atoms with Crippen LogP contribution in [-0.4, -0.2) is 57.0 Å². The summed E-state index contributed by atoms with van der Waals surface area (Å²) in [4.78, 5) is 36.8. The van der Waals surface area contributed by atoms with E-state index in [2.05, 4.69) is 36.5 Å². The van der Waals surface area contributed by atoms with E-state index in [1.807, 2.05) is 45.9 Å². The van der Waals surface area contributed by atoms with Crippen LogP contribution in [0.3, 0.4) is 0 Å². The highest BCUT2D eigenvalue weighted by Gasteiger charge is 2.22. The number of hydrogen-bond donors (Lipinski definition) is 2. The van der Waals surface area contributed by atoms with Crippen molar-refractivity contribution in [3.63, 3.8) is 0 Å². The maximum Gasteiger partial charge on any atom is 0.343 e. The molecule has 0 spiro atoms. The minimum absolute atomic E-state index is 0.148. The number of carbonyl (C=O) groups excluding carboxylic acids is 3. The summed E-state index contributed by atoms with van der Waals surface area (Å²) in [7, 11) is 1.27. The van der Waals surface area contributed by atoms with Gasteiger partial charge in [0.1, 0.15) is 11.8 Å². The average molecular weight is 592 g/mol. The SMILES string of the molecule is CCOc1cc(/C=N\NC(=O)[C@H](CC(C)C)NC(=O)COc2ccccc2C)cc(Br)c1OCC(=O)OC. The van der Waals surface area contributed by atoms with Crippen LogP contribution in [0, 0.1) is 12.8 Å². The van der Waals surface area contributed by atoms with Gasteiger partial charge in [0.25, 0.3) is 11.8 Å². The quantitative estimate of drug-likeness (QED) is 0.195. The molecule has 2 N–H and O–H groups in total. The number of nitrogens with zero attached hydrogens (tertiary/aromatic N) is 1. The Morgan fingerprint density at radius 3 is 2.45 bits per heavy atom. The number of halogens is 1. The number of rotatable bonds is 14. The monoisotopic (exact) mass is 591 g/mol. The van der Waals surface area contributed by atoms with Crippen LogP contribution in [0.1, 0.15) is 38.3 Å². The predicted octanol–water partition coefficient (Wildman–Crippen LogP) is 3.77. The van der Waals surface area contributed by atoms with Crippen molar-refractivity contribution in [2.45, 2.75) is 40.2 Å². The molecule has 2 aromatic rings. The first-order valence-corrected chi connectivity index (χ1v) is 12.9. The second-order valence-corrected chi connectivity index (χ2v) is 9.52. The first kappa shape index (κ1) is 30.6. The highest BCUT2D eigenvalue weighted by Crippen LogP contribution is 2.36.